The molecule has 6 nitrogen and oxygen atoms in total. The third kappa shape index (κ3) is 4.91. The molecule has 1 aliphatic carbocycles. The number of ether oxygens (including phenoxy) is 2. The van der Waals surface area contributed by atoms with E-state index >= 15 is 0 Å². The summed E-state index contributed by atoms with van der Waals surface area (Å²) in [6, 6.07) is 3.58. The van der Waals surface area contributed by atoms with Crippen LogP contribution in [0.3, 0.4) is 0 Å². The van der Waals surface area contributed by atoms with Gasteiger partial charge in [-0.05, 0) is 50.3 Å². The Balaban J connectivity index is 2.08. The van der Waals surface area contributed by atoms with Gasteiger partial charge in [0.2, 0.25) is 0 Å². The summed E-state index contributed by atoms with van der Waals surface area (Å²) in [4.78, 5) is 11.9. The number of hydrogen-bond acceptors (Lipinski definition) is 6. The summed E-state index contributed by atoms with van der Waals surface area (Å²) in [6.45, 7) is 1.43. The predicted molar refractivity (Wildman–Crippen MR) is 83.4 cm³/mol. The van der Waals surface area contributed by atoms with Crippen LogP contribution in [0.15, 0.2) is 18.2 Å². The lowest BCUT2D eigenvalue weighted by atomic mass is 9.98. The Morgan fingerprint density at radius 2 is 2.00 bits per heavy atom. The Bertz CT molecular complexity index is 695. The highest BCUT2D eigenvalue weighted by Gasteiger charge is 2.35. The summed E-state index contributed by atoms with van der Waals surface area (Å²) in [5.41, 5.74) is -0.376. The fraction of sp³-hybridized carbons (Fsp3) is 0.562. The quantitative estimate of drug-likeness (QED) is 0.549. The van der Waals surface area contributed by atoms with Crippen LogP contribution < -0.4 is 4.74 Å². The van der Waals surface area contributed by atoms with Gasteiger partial charge in [-0.2, -0.15) is 0 Å². The molecule has 0 aromatic heterocycles. The van der Waals surface area contributed by atoms with E-state index in [0.717, 1.165) is 38.2 Å². The Morgan fingerprint density at radius 1 is 1.33 bits per heavy atom. The molecule has 8 heteroatoms. The third-order valence-electron chi connectivity index (χ3n) is 4.22. The lowest BCUT2D eigenvalue weighted by molar-refractivity contribution is 0.0519. The van der Waals surface area contributed by atoms with Crippen molar-refractivity contribution in [3.05, 3.63) is 29.6 Å². The van der Waals surface area contributed by atoms with Crippen LogP contribution in [0, 0.1) is 5.82 Å². The highest BCUT2D eigenvalue weighted by molar-refractivity contribution is 7.85. The van der Waals surface area contributed by atoms with Crippen molar-refractivity contribution in [3.8, 4) is 5.75 Å². The number of hydrogen-bond donors (Lipinski definition) is 0. The van der Waals surface area contributed by atoms with Gasteiger partial charge in [-0.1, -0.05) is 6.92 Å². The molecule has 0 saturated heterocycles. The number of rotatable bonds is 7. The Morgan fingerprint density at radius 3 is 2.58 bits per heavy atom. The minimum atomic E-state index is -4.46. The molecule has 0 spiro atoms. The zero-order valence-electron chi connectivity index (χ0n) is 13.4. The second-order valence-electron chi connectivity index (χ2n) is 5.89. The molecule has 1 aliphatic rings. The van der Waals surface area contributed by atoms with Crippen molar-refractivity contribution in [2.75, 3.05) is 12.4 Å². The summed E-state index contributed by atoms with van der Waals surface area (Å²) in [7, 11) is -4.46. The number of carbonyl (C=O) groups is 1. The van der Waals surface area contributed by atoms with Gasteiger partial charge in [0.15, 0.2) is 11.6 Å². The average Bonchev–Trinajstić information content (AvgIpc) is 2.97. The van der Waals surface area contributed by atoms with Gasteiger partial charge in [0, 0.05) is 0 Å². The summed E-state index contributed by atoms with van der Waals surface area (Å²) in [5, 5.41) is 0. The molecule has 1 aromatic carbocycles. The van der Waals surface area contributed by atoms with E-state index in [0.29, 0.717) is 0 Å². The summed E-state index contributed by atoms with van der Waals surface area (Å²) in [5.74, 6) is -2.24. The fourth-order valence-corrected chi connectivity index (χ4v) is 3.10. The van der Waals surface area contributed by atoms with Crippen LogP contribution in [0.4, 0.5) is 4.39 Å². The van der Waals surface area contributed by atoms with E-state index in [1.165, 1.54) is 12.1 Å². The van der Waals surface area contributed by atoms with Crippen LogP contribution in [0.5, 0.6) is 5.75 Å². The molecule has 0 unspecified atom stereocenters. The van der Waals surface area contributed by atoms with E-state index in [9.17, 15) is 22.2 Å². The minimum absolute atomic E-state index is 0.0235. The second kappa shape index (κ2) is 7.48. The Kier molecular flexibility index (Phi) is 5.82. The zero-order chi connectivity index (χ0) is 17.8. The van der Waals surface area contributed by atoms with E-state index < -0.39 is 39.9 Å². The highest BCUT2D eigenvalue weighted by Crippen LogP contribution is 2.38. The van der Waals surface area contributed by atoms with Gasteiger partial charge in [-0.25, -0.2) is 17.6 Å². The smallest absolute Gasteiger partial charge is 0.338 e. The molecule has 0 heterocycles. The maximum atomic E-state index is 14.0. The molecule has 24 heavy (non-hydrogen) atoms. The maximum absolute atomic E-state index is 14.0. The highest BCUT2D eigenvalue weighted by atomic mass is 32.2. The molecule has 0 N–H and O–H groups in total. The minimum Gasteiger partial charge on any atom is -0.748 e. The Labute approximate surface area is 140 Å². The van der Waals surface area contributed by atoms with Crippen molar-refractivity contribution in [1.29, 1.82) is 0 Å². The SMILES string of the molecule is CCC1(Oc2cc(C(=O)OCCS(=O)(=O)[O-])ccc2F)CCCC1. The number of halogens is 1. The van der Waals surface area contributed by atoms with E-state index in [-0.39, 0.29) is 11.3 Å². The lowest BCUT2D eigenvalue weighted by Gasteiger charge is -2.29. The molecule has 1 aromatic rings. The molecule has 0 radical (unpaired) electrons. The standard InChI is InChI=1S/C16H21FO6S/c1-2-16(7-3-4-8-16)23-14-11-12(5-6-13(14)17)15(18)22-9-10-24(19,20)21/h5-6,11H,2-4,7-10H2,1H3,(H,19,20,21)/p-1. The van der Waals surface area contributed by atoms with Crippen LogP contribution in [-0.4, -0.2) is 36.9 Å². The first-order valence-corrected chi connectivity index (χ1v) is 9.42. The van der Waals surface area contributed by atoms with Crippen LogP contribution >= 0.6 is 0 Å². The van der Waals surface area contributed by atoms with Crippen LogP contribution in [-0.2, 0) is 14.9 Å². The van der Waals surface area contributed by atoms with E-state index in [2.05, 4.69) is 0 Å². The van der Waals surface area contributed by atoms with Crippen molar-refractivity contribution >= 4 is 16.1 Å². The maximum Gasteiger partial charge on any atom is 0.338 e. The van der Waals surface area contributed by atoms with Gasteiger partial charge in [-0.15, -0.1) is 0 Å². The van der Waals surface area contributed by atoms with Crippen molar-refractivity contribution in [2.24, 2.45) is 0 Å². The van der Waals surface area contributed by atoms with Gasteiger partial charge < -0.3 is 14.0 Å². The summed E-state index contributed by atoms with van der Waals surface area (Å²) >= 11 is 0. The molecule has 1 fully saturated rings. The van der Waals surface area contributed by atoms with Crippen LogP contribution in [0.25, 0.3) is 0 Å². The van der Waals surface area contributed by atoms with Crippen LogP contribution in [0.2, 0.25) is 0 Å². The molecular formula is C16H20FO6S-. The van der Waals surface area contributed by atoms with Gasteiger partial charge in [0.05, 0.1) is 21.4 Å². The Hall–Kier alpha value is -1.67. The lowest BCUT2D eigenvalue weighted by Crippen LogP contribution is -2.32. The molecular weight excluding hydrogens is 339 g/mol. The number of benzene rings is 1. The predicted octanol–water partition coefficient (Wildman–Crippen LogP) is 2.63. The van der Waals surface area contributed by atoms with Crippen molar-refractivity contribution in [1.82, 2.24) is 0 Å². The van der Waals surface area contributed by atoms with Crippen LogP contribution in [0.1, 0.15) is 49.4 Å². The van der Waals surface area contributed by atoms with Gasteiger partial charge in [0.25, 0.3) is 0 Å². The first-order valence-electron chi connectivity index (χ1n) is 7.84. The number of esters is 1. The van der Waals surface area contributed by atoms with Gasteiger partial charge in [0.1, 0.15) is 12.2 Å². The second-order valence-corrected chi connectivity index (χ2v) is 7.41. The molecule has 1 saturated carbocycles. The van der Waals surface area contributed by atoms with E-state index in [1.807, 2.05) is 6.92 Å². The first-order chi connectivity index (χ1) is 11.2. The zero-order valence-corrected chi connectivity index (χ0v) is 14.2. The number of carbonyl (C=O) groups excluding carboxylic acids is 1. The molecule has 2 rings (SSSR count). The molecule has 0 atom stereocenters. The molecule has 0 amide bonds. The third-order valence-corrected chi connectivity index (χ3v) is 4.89. The fourth-order valence-electron chi connectivity index (χ4n) is 2.81. The van der Waals surface area contributed by atoms with E-state index in [1.54, 1.807) is 0 Å². The summed E-state index contributed by atoms with van der Waals surface area (Å²) in [6.07, 6.45) is 4.43. The monoisotopic (exact) mass is 359 g/mol. The summed E-state index contributed by atoms with van der Waals surface area (Å²) < 4.78 is 56.1. The molecule has 0 aliphatic heterocycles. The first kappa shape index (κ1) is 18.7. The van der Waals surface area contributed by atoms with Gasteiger partial charge >= 0.3 is 5.97 Å². The molecule has 134 valence electrons. The average molecular weight is 359 g/mol. The van der Waals surface area contributed by atoms with Crippen molar-refractivity contribution in [3.63, 3.8) is 0 Å². The van der Waals surface area contributed by atoms with E-state index in [4.69, 9.17) is 9.47 Å². The largest absolute Gasteiger partial charge is 0.748 e. The molecule has 0 bridgehead atoms. The van der Waals surface area contributed by atoms with Crippen molar-refractivity contribution in [2.45, 2.75) is 44.6 Å². The van der Waals surface area contributed by atoms with Gasteiger partial charge in [-0.3, -0.25) is 0 Å². The topological polar surface area (TPSA) is 92.7 Å². The normalized spacial score (nSPS) is 16.8. The van der Waals surface area contributed by atoms with Crippen molar-refractivity contribution < 1.29 is 31.6 Å².